The van der Waals surface area contributed by atoms with Gasteiger partial charge < -0.3 is 20.4 Å². The molecule has 37 heavy (non-hydrogen) atoms. The van der Waals surface area contributed by atoms with Crippen LogP contribution in [0.5, 0.6) is 0 Å². The number of benzene rings is 3. The van der Waals surface area contributed by atoms with Crippen LogP contribution in [0.15, 0.2) is 73.1 Å². The van der Waals surface area contributed by atoms with Crippen molar-refractivity contribution in [1.29, 1.82) is 0 Å². The lowest BCUT2D eigenvalue weighted by molar-refractivity contribution is -0.119. The molecule has 8 nitrogen and oxygen atoms in total. The standard InChI is InChI=1S/C28H25ClN6O2/c1-34(2)16-25(36)35(3)20-8-6-19(7-9-20)32-27(17-4-11-22-24(14-17)31-13-12-30-22)26-21-10-5-18(29)15-23(21)33-28(26)37/h4-15,32H,16H2,1-3H3,(H,33,37). The molecule has 0 saturated heterocycles. The van der Waals surface area contributed by atoms with E-state index >= 15 is 0 Å². The molecule has 1 aliphatic heterocycles. The van der Waals surface area contributed by atoms with Crippen molar-refractivity contribution >= 4 is 62.8 Å². The van der Waals surface area contributed by atoms with Crippen molar-refractivity contribution in [3.05, 3.63) is 89.2 Å². The number of hydrogen-bond donors (Lipinski definition) is 2. The van der Waals surface area contributed by atoms with Gasteiger partial charge in [0.15, 0.2) is 0 Å². The summed E-state index contributed by atoms with van der Waals surface area (Å²) in [6.45, 7) is 0.316. The predicted molar refractivity (Wildman–Crippen MR) is 148 cm³/mol. The number of carbonyl (C=O) groups excluding carboxylic acids is 2. The molecule has 186 valence electrons. The van der Waals surface area contributed by atoms with E-state index in [2.05, 4.69) is 20.6 Å². The van der Waals surface area contributed by atoms with E-state index in [9.17, 15) is 9.59 Å². The lowest BCUT2D eigenvalue weighted by Crippen LogP contribution is -2.34. The van der Waals surface area contributed by atoms with Gasteiger partial charge in [0, 0.05) is 47.0 Å². The average Bonchev–Trinajstić information content (AvgIpc) is 3.21. The van der Waals surface area contributed by atoms with E-state index in [0.717, 1.165) is 28.0 Å². The van der Waals surface area contributed by atoms with E-state index in [4.69, 9.17) is 11.6 Å². The summed E-state index contributed by atoms with van der Waals surface area (Å²) in [4.78, 5) is 37.9. The molecule has 0 radical (unpaired) electrons. The van der Waals surface area contributed by atoms with Crippen molar-refractivity contribution in [3.63, 3.8) is 0 Å². The van der Waals surface area contributed by atoms with Crippen molar-refractivity contribution in [2.24, 2.45) is 0 Å². The zero-order valence-electron chi connectivity index (χ0n) is 20.6. The number of aromatic nitrogens is 2. The highest BCUT2D eigenvalue weighted by Gasteiger charge is 2.29. The van der Waals surface area contributed by atoms with Crippen molar-refractivity contribution in [2.45, 2.75) is 0 Å². The summed E-state index contributed by atoms with van der Waals surface area (Å²) >= 11 is 6.17. The van der Waals surface area contributed by atoms with E-state index in [1.807, 2.05) is 67.5 Å². The maximum absolute atomic E-state index is 13.2. The van der Waals surface area contributed by atoms with Crippen LogP contribution in [0.2, 0.25) is 5.02 Å². The summed E-state index contributed by atoms with van der Waals surface area (Å²) in [6.07, 6.45) is 3.28. The number of rotatable bonds is 6. The summed E-state index contributed by atoms with van der Waals surface area (Å²) in [5.41, 5.74) is 6.31. The summed E-state index contributed by atoms with van der Waals surface area (Å²) in [5.74, 6) is -0.242. The van der Waals surface area contributed by atoms with Crippen LogP contribution in [0.1, 0.15) is 11.1 Å². The lowest BCUT2D eigenvalue weighted by Gasteiger charge is -2.20. The van der Waals surface area contributed by atoms with Crippen LogP contribution in [0.4, 0.5) is 17.1 Å². The minimum absolute atomic E-state index is 0.0105. The molecule has 0 spiro atoms. The second-order valence-corrected chi connectivity index (χ2v) is 9.45. The summed E-state index contributed by atoms with van der Waals surface area (Å²) in [7, 11) is 5.47. The summed E-state index contributed by atoms with van der Waals surface area (Å²) in [6, 6.07) is 18.5. The Labute approximate surface area is 219 Å². The summed E-state index contributed by atoms with van der Waals surface area (Å²) in [5, 5.41) is 6.90. The molecule has 9 heteroatoms. The highest BCUT2D eigenvalue weighted by atomic mass is 35.5. The van der Waals surface area contributed by atoms with Gasteiger partial charge in [-0.15, -0.1) is 0 Å². The van der Waals surface area contributed by atoms with Gasteiger partial charge in [0.05, 0.1) is 34.5 Å². The normalized spacial score (nSPS) is 13.9. The molecule has 0 aliphatic carbocycles. The second-order valence-electron chi connectivity index (χ2n) is 9.02. The van der Waals surface area contributed by atoms with Crippen LogP contribution < -0.4 is 15.5 Å². The van der Waals surface area contributed by atoms with Crippen LogP contribution in [0, 0.1) is 0 Å². The number of fused-ring (bicyclic) bond motifs is 2. The fourth-order valence-corrected chi connectivity index (χ4v) is 4.40. The molecule has 0 saturated carbocycles. The topological polar surface area (TPSA) is 90.5 Å². The number of carbonyl (C=O) groups is 2. The Morgan fingerprint density at radius 2 is 1.68 bits per heavy atom. The summed E-state index contributed by atoms with van der Waals surface area (Å²) < 4.78 is 0. The first-order chi connectivity index (χ1) is 17.8. The number of halogens is 1. The van der Waals surface area contributed by atoms with Gasteiger partial charge in [-0.05, 0) is 62.6 Å². The van der Waals surface area contributed by atoms with Crippen LogP contribution in [-0.2, 0) is 9.59 Å². The quantitative estimate of drug-likeness (QED) is 0.363. The Kier molecular flexibility index (Phi) is 6.60. The largest absolute Gasteiger partial charge is 0.354 e. The van der Waals surface area contributed by atoms with Gasteiger partial charge in [-0.25, -0.2) is 0 Å². The molecule has 2 heterocycles. The van der Waals surface area contributed by atoms with E-state index in [-0.39, 0.29) is 11.8 Å². The molecule has 4 aromatic rings. The number of nitrogens with zero attached hydrogens (tertiary/aromatic N) is 4. The Balaban J connectivity index is 1.56. The molecule has 1 aromatic heterocycles. The van der Waals surface area contributed by atoms with Crippen LogP contribution >= 0.6 is 11.6 Å². The van der Waals surface area contributed by atoms with Gasteiger partial charge in [-0.2, -0.15) is 0 Å². The Morgan fingerprint density at radius 1 is 0.946 bits per heavy atom. The molecule has 1 aliphatic rings. The first-order valence-corrected chi connectivity index (χ1v) is 12.0. The number of likely N-dealkylation sites (N-methyl/N-ethyl adjacent to an activating group) is 2. The zero-order valence-corrected chi connectivity index (χ0v) is 21.4. The van der Waals surface area contributed by atoms with E-state index in [1.165, 1.54) is 0 Å². The highest BCUT2D eigenvalue weighted by Crippen LogP contribution is 2.39. The van der Waals surface area contributed by atoms with Crippen LogP contribution in [-0.4, -0.2) is 54.4 Å². The second kappa shape index (κ2) is 10.0. The number of nitrogens with one attached hydrogen (secondary N) is 2. The minimum atomic E-state index is -0.232. The predicted octanol–water partition coefficient (Wildman–Crippen LogP) is 4.74. The van der Waals surface area contributed by atoms with Gasteiger partial charge >= 0.3 is 0 Å². The van der Waals surface area contributed by atoms with Crippen molar-refractivity contribution in [2.75, 3.05) is 43.2 Å². The monoisotopic (exact) mass is 512 g/mol. The molecule has 0 unspecified atom stereocenters. The van der Waals surface area contributed by atoms with Crippen molar-refractivity contribution < 1.29 is 9.59 Å². The van der Waals surface area contributed by atoms with Crippen LogP contribution in [0.3, 0.4) is 0 Å². The third-order valence-electron chi connectivity index (χ3n) is 6.08. The number of anilines is 3. The lowest BCUT2D eigenvalue weighted by atomic mass is 9.99. The van der Waals surface area contributed by atoms with Gasteiger partial charge in [0.25, 0.3) is 5.91 Å². The first-order valence-electron chi connectivity index (χ1n) is 11.7. The molecule has 2 N–H and O–H groups in total. The van der Waals surface area contributed by atoms with Gasteiger partial charge in [-0.1, -0.05) is 23.7 Å². The van der Waals surface area contributed by atoms with Gasteiger partial charge in [-0.3, -0.25) is 19.6 Å². The smallest absolute Gasteiger partial charge is 0.258 e. The molecule has 2 amide bonds. The molecule has 0 bridgehead atoms. The average molecular weight is 513 g/mol. The fourth-order valence-electron chi connectivity index (χ4n) is 4.22. The van der Waals surface area contributed by atoms with Crippen molar-refractivity contribution in [3.8, 4) is 0 Å². The van der Waals surface area contributed by atoms with E-state index < -0.39 is 0 Å². The maximum Gasteiger partial charge on any atom is 0.258 e. The molecular weight excluding hydrogens is 488 g/mol. The van der Waals surface area contributed by atoms with Crippen molar-refractivity contribution in [1.82, 2.24) is 14.9 Å². The Hall–Kier alpha value is -4.27. The molecular formula is C28H25ClN6O2. The third-order valence-corrected chi connectivity index (χ3v) is 6.32. The molecule has 0 atom stereocenters. The highest BCUT2D eigenvalue weighted by molar-refractivity contribution is 6.38. The van der Waals surface area contributed by atoms with Gasteiger partial charge in [0.2, 0.25) is 5.91 Å². The first kappa shape index (κ1) is 24.4. The SMILES string of the molecule is CN(C)CC(=O)N(C)c1ccc(NC(=C2C(=O)Nc3cc(Cl)ccc32)c2ccc3nccnc3c2)cc1. The molecule has 3 aromatic carbocycles. The maximum atomic E-state index is 13.2. The van der Waals surface area contributed by atoms with E-state index in [0.29, 0.717) is 34.0 Å². The molecule has 0 fully saturated rings. The zero-order chi connectivity index (χ0) is 26.1. The number of hydrogen-bond acceptors (Lipinski definition) is 6. The molecule has 5 rings (SSSR count). The van der Waals surface area contributed by atoms with E-state index in [1.54, 1.807) is 36.5 Å². The van der Waals surface area contributed by atoms with Crippen LogP contribution in [0.25, 0.3) is 22.3 Å². The minimum Gasteiger partial charge on any atom is -0.354 e. The Morgan fingerprint density at radius 3 is 2.41 bits per heavy atom. The fraction of sp³-hybridized carbons (Fsp3) is 0.143. The Bertz CT molecular complexity index is 1550. The number of amides is 2. The third kappa shape index (κ3) is 5.02. The van der Waals surface area contributed by atoms with Gasteiger partial charge in [0.1, 0.15) is 0 Å².